The quantitative estimate of drug-likeness (QED) is 0.0988. The first-order valence-electron chi connectivity index (χ1n) is 15.8. The Morgan fingerprint density at radius 3 is 2.41 bits per heavy atom. The van der Waals surface area contributed by atoms with Crippen LogP contribution in [0.2, 0.25) is 0 Å². The maximum atomic E-state index is 12.8. The van der Waals surface area contributed by atoms with Gasteiger partial charge in [0.15, 0.2) is 5.79 Å². The number of carbonyl (C=O) groups excluding carboxylic acids is 1. The molecule has 0 radical (unpaired) electrons. The molecule has 0 unspecified atom stereocenters. The number of unbranched alkanes of at least 4 members (excludes halogenated alkanes) is 1. The Hall–Kier alpha value is -2.79. The topological polar surface area (TPSA) is 160 Å². The number of aliphatic hydroxyl groups is 2. The van der Waals surface area contributed by atoms with Crippen LogP contribution in [0.5, 0.6) is 0 Å². The van der Waals surface area contributed by atoms with Crippen molar-refractivity contribution in [2.75, 3.05) is 6.61 Å². The predicted molar refractivity (Wildman–Crippen MR) is 166 cm³/mol. The van der Waals surface area contributed by atoms with Gasteiger partial charge in [-0.05, 0) is 57.4 Å². The van der Waals surface area contributed by atoms with Crippen molar-refractivity contribution in [1.82, 2.24) is 0 Å². The van der Waals surface area contributed by atoms with E-state index in [9.17, 15) is 29.7 Å². The Morgan fingerprint density at radius 2 is 1.77 bits per heavy atom. The van der Waals surface area contributed by atoms with Crippen LogP contribution in [0.3, 0.4) is 0 Å². The summed E-state index contributed by atoms with van der Waals surface area (Å²) in [4.78, 5) is 35.2. The monoisotopic (exact) mass is 620 g/mol. The van der Waals surface area contributed by atoms with E-state index in [2.05, 4.69) is 13.0 Å². The van der Waals surface area contributed by atoms with E-state index in [-0.39, 0.29) is 37.4 Å². The number of carboxylic acids is 2. The van der Waals surface area contributed by atoms with E-state index >= 15 is 0 Å². The highest BCUT2D eigenvalue weighted by Crippen LogP contribution is 2.48. The number of carboxylic acid groups (broad SMARTS) is 2. The molecule has 10 nitrogen and oxygen atoms in total. The Morgan fingerprint density at radius 1 is 1.05 bits per heavy atom. The molecular weight excluding hydrogens is 568 g/mol. The number of hydrogen-bond donors (Lipinski definition) is 4. The van der Waals surface area contributed by atoms with Crippen LogP contribution in [-0.2, 0) is 28.6 Å². The van der Waals surface area contributed by atoms with E-state index in [0.29, 0.717) is 37.7 Å². The molecule has 2 aliphatic heterocycles. The van der Waals surface area contributed by atoms with Gasteiger partial charge in [0.2, 0.25) is 0 Å². The number of aliphatic carboxylic acids is 2. The van der Waals surface area contributed by atoms with Crippen LogP contribution >= 0.6 is 0 Å². The van der Waals surface area contributed by atoms with Gasteiger partial charge in [-0.15, -0.1) is 0 Å². The molecule has 248 valence electrons. The zero-order chi connectivity index (χ0) is 32.9. The van der Waals surface area contributed by atoms with E-state index in [4.69, 9.17) is 19.3 Å². The van der Waals surface area contributed by atoms with Crippen molar-refractivity contribution < 1.29 is 49.0 Å². The average molecular weight is 621 g/mol. The SMILES string of the molecule is CCCC[C@@]1(OC(=O)CCC(=O)O)CC[C@]2(CC[C@H](C)[C@@H](C/C=C(C)/C=C/[C@H](O)[C@@H](C)CO)O2)O[C@H]1/C=C/C(C)=C/C(=O)O. The molecule has 0 aromatic rings. The summed E-state index contributed by atoms with van der Waals surface area (Å²) < 4.78 is 19.5. The molecule has 10 heteroatoms. The van der Waals surface area contributed by atoms with Crippen molar-refractivity contribution in [2.24, 2.45) is 11.8 Å². The fourth-order valence-electron chi connectivity index (χ4n) is 5.58. The molecule has 0 aromatic heterocycles. The van der Waals surface area contributed by atoms with Crippen LogP contribution in [0.25, 0.3) is 0 Å². The molecule has 0 saturated carbocycles. The Bertz CT molecular complexity index is 1090. The Kier molecular flexibility index (Phi) is 15.0. The minimum atomic E-state index is -1.08. The van der Waals surface area contributed by atoms with Gasteiger partial charge < -0.3 is 34.6 Å². The number of hydrogen-bond acceptors (Lipinski definition) is 8. The third-order valence-corrected chi connectivity index (χ3v) is 8.57. The smallest absolute Gasteiger partial charge is 0.328 e. The Balaban J connectivity index is 2.34. The van der Waals surface area contributed by atoms with E-state index in [1.165, 1.54) is 0 Å². The summed E-state index contributed by atoms with van der Waals surface area (Å²) in [5.41, 5.74) is 0.403. The van der Waals surface area contributed by atoms with Crippen LogP contribution in [0, 0.1) is 11.8 Å². The van der Waals surface area contributed by atoms with Gasteiger partial charge in [-0.25, -0.2) is 4.79 Å². The van der Waals surface area contributed by atoms with Gasteiger partial charge in [-0.3, -0.25) is 9.59 Å². The van der Waals surface area contributed by atoms with E-state index in [0.717, 1.165) is 30.9 Å². The lowest BCUT2D eigenvalue weighted by Crippen LogP contribution is -2.59. The summed E-state index contributed by atoms with van der Waals surface area (Å²) in [6.45, 7) is 9.45. The van der Waals surface area contributed by atoms with Gasteiger partial charge in [-0.2, -0.15) is 0 Å². The summed E-state index contributed by atoms with van der Waals surface area (Å²) >= 11 is 0. The van der Waals surface area contributed by atoms with Crippen molar-refractivity contribution in [3.8, 4) is 0 Å². The lowest BCUT2D eigenvalue weighted by molar-refractivity contribution is -0.344. The van der Waals surface area contributed by atoms with E-state index in [1.54, 1.807) is 32.1 Å². The zero-order valence-corrected chi connectivity index (χ0v) is 26.9. The summed E-state index contributed by atoms with van der Waals surface area (Å²) in [6, 6.07) is 0. The van der Waals surface area contributed by atoms with E-state index < -0.39 is 41.5 Å². The summed E-state index contributed by atoms with van der Waals surface area (Å²) in [7, 11) is 0. The molecule has 2 aliphatic rings. The molecule has 2 rings (SSSR count). The molecule has 2 heterocycles. The number of aliphatic hydroxyl groups excluding tert-OH is 2. The molecule has 0 bridgehead atoms. The van der Waals surface area contributed by atoms with Crippen molar-refractivity contribution >= 4 is 17.9 Å². The third-order valence-electron chi connectivity index (χ3n) is 8.57. The number of ether oxygens (including phenoxy) is 3. The standard InChI is InChI=1S/C34H52O10/c1-6-7-17-33(44-32(41)15-14-30(37)38)19-20-34(43-29(33)13-10-24(3)21-31(39)40)18-16-25(4)28(42-34)12-9-23(2)8-11-27(36)26(5)22-35/h8-11,13,21,25-29,35-36H,6-7,12,14-20,22H2,1-5H3,(H,37,38)(H,39,40)/b11-8+,13-10+,23-9+,24-21+/t25-,26-,27-,28+,29-,33+,34-/m0/s1. The number of rotatable bonds is 16. The minimum absolute atomic E-state index is 0.101. The van der Waals surface area contributed by atoms with Crippen molar-refractivity contribution in [3.63, 3.8) is 0 Å². The van der Waals surface area contributed by atoms with Crippen molar-refractivity contribution in [2.45, 2.75) is 129 Å². The third kappa shape index (κ3) is 11.6. The van der Waals surface area contributed by atoms with Gasteiger partial charge in [0.1, 0.15) is 11.7 Å². The van der Waals surface area contributed by atoms with Crippen LogP contribution in [0.1, 0.15) is 98.8 Å². The average Bonchev–Trinajstić information content (AvgIpc) is 2.97. The first-order chi connectivity index (χ1) is 20.7. The van der Waals surface area contributed by atoms with Crippen molar-refractivity contribution in [1.29, 1.82) is 0 Å². The fraction of sp³-hybridized carbons (Fsp3) is 0.676. The number of carbonyl (C=O) groups is 3. The lowest BCUT2D eigenvalue weighted by Gasteiger charge is -2.53. The summed E-state index contributed by atoms with van der Waals surface area (Å²) in [6.07, 6.45) is 13.0. The second-order valence-corrected chi connectivity index (χ2v) is 12.4. The molecule has 0 aromatic carbocycles. The van der Waals surface area contributed by atoms with Crippen LogP contribution < -0.4 is 0 Å². The number of allylic oxidation sites excluding steroid dienone is 4. The van der Waals surface area contributed by atoms with Crippen LogP contribution in [0.15, 0.2) is 47.6 Å². The maximum absolute atomic E-state index is 12.8. The highest BCUT2D eigenvalue weighted by Gasteiger charge is 2.54. The zero-order valence-electron chi connectivity index (χ0n) is 26.9. The second kappa shape index (κ2) is 17.6. The molecule has 2 saturated heterocycles. The fourth-order valence-corrected chi connectivity index (χ4v) is 5.58. The molecule has 44 heavy (non-hydrogen) atoms. The molecule has 1 spiro atoms. The molecule has 0 amide bonds. The van der Waals surface area contributed by atoms with Crippen LogP contribution in [-0.4, -0.2) is 74.6 Å². The molecule has 2 fully saturated rings. The normalized spacial score (nSPS) is 29.7. The van der Waals surface area contributed by atoms with Gasteiger partial charge in [-0.1, -0.05) is 63.1 Å². The largest absolute Gasteiger partial charge is 0.481 e. The van der Waals surface area contributed by atoms with E-state index in [1.807, 2.05) is 19.9 Å². The maximum Gasteiger partial charge on any atom is 0.328 e. The molecule has 0 aliphatic carbocycles. The predicted octanol–water partition coefficient (Wildman–Crippen LogP) is 5.48. The lowest BCUT2D eigenvalue weighted by atomic mass is 9.78. The first kappa shape index (κ1) is 37.4. The molecule has 4 N–H and O–H groups in total. The van der Waals surface area contributed by atoms with Gasteiger partial charge in [0.25, 0.3) is 0 Å². The van der Waals surface area contributed by atoms with Gasteiger partial charge in [0, 0.05) is 31.4 Å². The summed E-state index contributed by atoms with van der Waals surface area (Å²) in [5.74, 6) is -3.69. The highest BCUT2D eigenvalue weighted by molar-refractivity contribution is 5.81. The van der Waals surface area contributed by atoms with Gasteiger partial charge >= 0.3 is 17.9 Å². The van der Waals surface area contributed by atoms with Crippen LogP contribution in [0.4, 0.5) is 0 Å². The molecular formula is C34H52O10. The summed E-state index contributed by atoms with van der Waals surface area (Å²) in [5, 5.41) is 37.7. The van der Waals surface area contributed by atoms with Gasteiger partial charge in [0.05, 0.1) is 25.0 Å². The second-order valence-electron chi connectivity index (χ2n) is 12.4. The Labute approximate surface area is 261 Å². The van der Waals surface area contributed by atoms with Crippen molar-refractivity contribution in [3.05, 3.63) is 47.6 Å². The minimum Gasteiger partial charge on any atom is -0.481 e. The first-order valence-corrected chi connectivity index (χ1v) is 15.8. The highest BCUT2D eigenvalue weighted by atomic mass is 16.7. The molecule has 7 atom stereocenters. The number of esters is 1.